The third-order valence-electron chi connectivity index (χ3n) is 3.30. The molecule has 0 fully saturated rings. The Kier molecular flexibility index (Phi) is 4.73. The van der Waals surface area contributed by atoms with Crippen LogP contribution in [0.5, 0.6) is 0 Å². The zero-order valence-corrected chi connectivity index (χ0v) is 12.9. The molecule has 1 heterocycles. The Hall–Kier alpha value is -2.77. The first kappa shape index (κ1) is 16.6. The molecule has 0 unspecified atom stereocenters. The van der Waals surface area contributed by atoms with Crippen LogP contribution in [0.2, 0.25) is 0 Å². The molecule has 6 nitrogen and oxygen atoms in total. The van der Waals surface area contributed by atoms with Gasteiger partial charge >= 0.3 is 11.8 Å². The fraction of sp³-hybridized carbons (Fsp3) is 0.267. The minimum Gasteiger partial charge on any atom is -0.315 e. The summed E-state index contributed by atoms with van der Waals surface area (Å²) in [5.41, 5.74) is 1.28. The zero-order valence-electron chi connectivity index (χ0n) is 12.9. The highest BCUT2D eigenvalue weighted by Gasteiger charge is 2.20. The third kappa shape index (κ3) is 3.53. The van der Waals surface area contributed by atoms with Crippen molar-refractivity contribution < 1.29 is 18.4 Å². The zero-order chi connectivity index (χ0) is 17.1. The van der Waals surface area contributed by atoms with E-state index in [1.54, 1.807) is 18.5 Å². The maximum atomic E-state index is 13.5. The highest BCUT2D eigenvalue weighted by molar-refractivity contribution is 6.43. The number of benzene rings is 1. The minimum absolute atomic E-state index is 0.400. The summed E-state index contributed by atoms with van der Waals surface area (Å²) in [5, 5.41) is 8.69. The monoisotopic (exact) mass is 322 g/mol. The molecule has 0 saturated heterocycles. The third-order valence-corrected chi connectivity index (χ3v) is 3.30. The van der Waals surface area contributed by atoms with Crippen LogP contribution in [-0.4, -0.2) is 21.6 Å². The van der Waals surface area contributed by atoms with E-state index in [9.17, 15) is 18.4 Å². The molecule has 0 radical (unpaired) electrons. The van der Waals surface area contributed by atoms with Crippen LogP contribution < -0.4 is 10.6 Å². The van der Waals surface area contributed by atoms with Crippen LogP contribution in [0, 0.1) is 25.5 Å². The Bertz CT molecular complexity index is 771. The van der Waals surface area contributed by atoms with Gasteiger partial charge in [0.05, 0.1) is 22.8 Å². The molecule has 0 spiro atoms. The predicted molar refractivity (Wildman–Crippen MR) is 81.0 cm³/mol. The van der Waals surface area contributed by atoms with Crippen molar-refractivity contribution in [3.63, 3.8) is 0 Å². The van der Waals surface area contributed by atoms with Crippen LogP contribution in [0.25, 0.3) is 0 Å². The van der Waals surface area contributed by atoms with Crippen molar-refractivity contribution in [3.8, 4) is 0 Å². The van der Waals surface area contributed by atoms with Gasteiger partial charge in [0.15, 0.2) is 0 Å². The first-order valence-electron chi connectivity index (χ1n) is 6.94. The van der Waals surface area contributed by atoms with Crippen LogP contribution in [0.1, 0.15) is 18.3 Å². The van der Waals surface area contributed by atoms with Gasteiger partial charge < -0.3 is 10.6 Å². The van der Waals surface area contributed by atoms with Crippen molar-refractivity contribution in [2.75, 3.05) is 10.6 Å². The molecule has 0 aliphatic rings. The molecule has 2 amide bonds. The second-order valence-electron chi connectivity index (χ2n) is 4.89. The Morgan fingerprint density at radius 2 is 1.83 bits per heavy atom. The first-order chi connectivity index (χ1) is 10.8. The van der Waals surface area contributed by atoms with E-state index in [4.69, 9.17) is 0 Å². The number of carbonyl (C=O) groups is 2. The van der Waals surface area contributed by atoms with Crippen LogP contribution in [0.4, 0.5) is 20.2 Å². The lowest BCUT2D eigenvalue weighted by Gasteiger charge is -2.08. The molecule has 0 aliphatic heterocycles. The molecule has 0 aliphatic carbocycles. The maximum Gasteiger partial charge on any atom is 0.314 e. The Balaban J connectivity index is 2.13. The Labute approximate surface area is 131 Å². The molecular weight excluding hydrogens is 306 g/mol. The Morgan fingerprint density at radius 1 is 1.17 bits per heavy atom. The largest absolute Gasteiger partial charge is 0.315 e. The SMILES string of the molecule is CCn1nc(C)c(NC(=O)C(=O)Nc2cc(F)ccc2F)c1C. The van der Waals surface area contributed by atoms with Gasteiger partial charge in [-0.15, -0.1) is 0 Å². The van der Waals surface area contributed by atoms with Crippen LogP contribution in [0.3, 0.4) is 0 Å². The number of hydrogen-bond donors (Lipinski definition) is 2. The number of aromatic nitrogens is 2. The summed E-state index contributed by atoms with van der Waals surface area (Å²) in [6, 6.07) is 2.57. The van der Waals surface area contributed by atoms with Crippen molar-refractivity contribution in [1.29, 1.82) is 0 Å². The van der Waals surface area contributed by atoms with Crippen LogP contribution in [0.15, 0.2) is 18.2 Å². The molecule has 2 N–H and O–H groups in total. The van der Waals surface area contributed by atoms with Crippen molar-refractivity contribution in [3.05, 3.63) is 41.2 Å². The van der Waals surface area contributed by atoms with E-state index >= 15 is 0 Å². The summed E-state index contributed by atoms with van der Waals surface area (Å²) >= 11 is 0. The average Bonchev–Trinajstić information content (AvgIpc) is 2.78. The smallest absolute Gasteiger partial charge is 0.314 e. The van der Waals surface area contributed by atoms with E-state index in [1.165, 1.54) is 0 Å². The van der Waals surface area contributed by atoms with Gasteiger partial charge in [-0.25, -0.2) is 8.78 Å². The summed E-state index contributed by atoms with van der Waals surface area (Å²) < 4.78 is 28.2. The molecular formula is C15H16F2N4O2. The van der Waals surface area contributed by atoms with Crippen molar-refractivity contribution >= 4 is 23.2 Å². The summed E-state index contributed by atoms with van der Waals surface area (Å²) in [5.74, 6) is -3.65. The quantitative estimate of drug-likeness (QED) is 0.852. The van der Waals surface area contributed by atoms with Crippen molar-refractivity contribution in [2.24, 2.45) is 0 Å². The fourth-order valence-corrected chi connectivity index (χ4v) is 2.13. The summed E-state index contributed by atoms with van der Waals surface area (Å²) in [6.45, 7) is 5.95. The lowest BCUT2D eigenvalue weighted by Crippen LogP contribution is -2.29. The van der Waals surface area contributed by atoms with Crippen LogP contribution >= 0.6 is 0 Å². The molecule has 1 aromatic heterocycles. The first-order valence-corrected chi connectivity index (χ1v) is 6.94. The normalized spacial score (nSPS) is 10.5. The van der Waals surface area contributed by atoms with E-state index in [2.05, 4.69) is 10.4 Å². The molecule has 2 aromatic rings. The number of nitrogens with one attached hydrogen (secondary N) is 2. The van der Waals surface area contributed by atoms with Gasteiger partial charge in [-0.3, -0.25) is 14.3 Å². The average molecular weight is 322 g/mol. The lowest BCUT2D eigenvalue weighted by atomic mass is 10.3. The number of halogens is 2. The minimum atomic E-state index is -1.10. The lowest BCUT2D eigenvalue weighted by molar-refractivity contribution is -0.133. The Morgan fingerprint density at radius 3 is 2.43 bits per heavy atom. The van der Waals surface area contributed by atoms with E-state index in [-0.39, 0.29) is 0 Å². The van der Waals surface area contributed by atoms with Gasteiger partial charge in [-0.1, -0.05) is 0 Å². The standard InChI is InChI=1S/C15H16F2N4O2/c1-4-21-9(3)13(8(2)20-21)19-15(23)14(22)18-12-7-10(16)5-6-11(12)17/h5-7H,4H2,1-3H3,(H,18,22)(H,19,23). The van der Waals surface area contributed by atoms with Crippen LogP contribution in [-0.2, 0) is 16.1 Å². The number of carbonyl (C=O) groups excluding carboxylic acids is 2. The molecule has 23 heavy (non-hydrogen) atoms. The topological polar surface area (TPSA) is 76.0 Å². The molecule has 1 aromatic carbocycles. The van der Waals surface area contributed by atoms with E-state index < -0.39 is 29.1 Å². The van der Waals surface area contributed by atoms with Gasteiger partial charge in [0.1, 0.15) is 11.6 Å². The van der Waals surface area contributed by atoms with Gasteiger partial charge in [0, 0.05) is 12.6 Å². The van der Waals surface area contributed by atoms with Gasteiger partial charge in [0.2, 0.25) is 0 Å². The maximum absolute atomic E-state index is 13.5. The molecule has 8 heteroatoms. The number of anilines is 2. The number of aryl methyl sites for hydroxylation is 2. The number of amides is 2. The van der Waals surface area contributed by atoms with Gasteiger partial charge in [-0.05, 0) is 32.9 Å². The highest BCUT2D eigenvalue weighted by Crippen LogP contribution is 2.20. The highest BCUT2D eigenvalue weighted by atomic mass is 19.1. The van der Waals surface area contributed by atoms with E-state index in [1.807, 2.05) is 12.2 Å². The number of nitrogens with zero attached hydrogens (tertiary/aromatic N) is 2. The summed E-state index contributed by atoms with van der Waals surface area (Å²) in [6.07, 6.45) is 0. The van der Waals surface area contributed by atoms with Gasteiger partial charge in [0.25, 0.3) is 0 Å². The predicted octanol–water partition coefficient (Wildman–Crippen LogP) is 2.38. The van der Waals surface area contributed by atoms with Crippen molar-refractivity contribution in [2.45, 2.75) is 27.3 Å². The fourth-order valence-electron chi connectivity index (χ4n) is 2.13. The van der Waals surface area contributed by atoms with Crippen molar-refractivity contribution in [1.82, 2.24) is 9.78 Å². The number of hydrogen-bond acceptors (Lipinski definition) is 3. The summed E-state index contributed by atoms with van der Waals surface area (Å²) in [7, 11) is 0. The second-order valence-corrected chi connectivity index (χ2v) is 4.89. The summed E-state index contributed by atoms with van der Waals surface area (Å²) in [4.78, 5) is 23.8. The van der Waals surface area contributed by atoms with E-state index in [0.29, 0.717) is 23.6 Å². The molecule has 122 valence electrons. The van der Waals surface area contributed by atoms with E-state index in [0.717, 1.165) is 18.2 Å². The number of rotatable bonds is 3. The molecule has 0 bridgehead atoms. The molecule has 2 rings (SSSR count). The molecule has 0 saturated carbocycles. The molecule has 0 atom stereocenters. The van der Waals surface area contributed by atoms with Gasteiger partial charge in [-0.2, -0.15) is 5.10 Å². The second kappa shape index (κ2) is 6.55.